The molecule has 0 unspecified atom stereocenters. The summed E-state index contributed by atoms with van der Waals surface area (Å²) < 4.78 is 1.09. The molecule has 0 aliphatic carbocycles. The number of aryl methyl sites for hydroxylation is 1. The van der Waals surface area contributed by atoms with Crippen LogP contribution in [0.15, 0.2) is 35.3 Å². The Labute approximate surface area is 83.4 Å². The Morgan fingerprint density at radius 3 is 2.62 bits per heavy atom. The SMILES string of the molecule is Cc1c[se]c(Nc2ccccc2)n1. The third-order valence-electron chi connectivity index (χ3n) is 1.64. The molecule has 0 fully saturated rings. The van der Waals surface area contributed by atoms with Crippen LogP contribution in [-0.4, -0.2) is 19.5 Å². The van der Waals surface area contributed by atoms with Crippen molar-refractivity contribution in [3.63, 3.8) is 0 Å². The van der Waals surface area contributed by atoms with E-state index in [1.807, 2.05) is 37.3 Å². The molecular formula is C10H10N2Se. The second-order valence-electron chi connectivity index (χ2n) is 2.79. The van der Waals surface area contributed by atoms with Gasteiger partial charge in [0.15, 0.2) is 0 Å². The van der Waals surface area contributed by atoms with Gasteiger partial charge >= 0.3 is 83.1 Å². The Morgan fingerprint density at radius 2 is 2.00 bits per heavy atom. The van der Waals surface area contributed by atoms with E-state index in [1.54, 1.807) is 0 Å². The minimum absolute atomic E-state index is 0.389. The van der Waals surface area contributed by atoms with Gasteiger partial charge in [-0.2, -0.15) is 0 Å². The van der Waals surface area contributed by atoms with Gasteiger partial charge in [-0.3, -0.25) is 0 Å². The second-order valence-corrected chi connectivity index (χ2v) is 4.59. The van der Waals surface area contributed by atoms with E-state index >= 15 is 0 Å². The number of anilines is 2. The Bertz CT molecular complexity index is 381. The van der Waals surface area contributed by atoms with Crippen molar-refractivity contribution in [2.45, 2.75) is 6.92 Å². The van der Waals surface area contributed by atoms with Crippen LogP contribution in [0.4, 0.5) is 10.4 Å². The Morgan fingerprint density at radius 1 is 1.23 bits per heavy atom. The van der Waals surface area contributed by atoms with Crippen LogP contribution < -0.4 is 5.32 Å². The molecule has 66 valence electrons. The van der Waals surface area contributed by atoms with Gasteiger partial charge in [0, 0.05) is 0 Å². The molecule has 0 atom stereocenters. The number of benzene rings is 1. The fourth-order valence-electron chi connectivity index (χ4n) is 1.06. The molecule has 0 spiro atoms. The molecule has 2 nitrogen and oxygen atoms in total. The van der Waals surface area contributed by atoms with E-state index < -0.39 is 0 Å². The third kappa shape index (κ3) is 2.20. The van der Waals surface area contributed by atoms with Gasteiger partial charge in [0.2, 0.25) is 0 Å². The first-order valence-electron chi connectivity index (χ1n) is 4.09. The van der Waals surface area contributed by atoms with Crippen molar-refractivity contribution in [1.29, 1.82) is 0 Å². The predicted molar refractivity (Wildman–Crippen MR) is 55.6 cm³/mol. The number of hydrogen-bond acceptors (Lipinski definition) is 2. The first kappa shape index (κ1) is 8.54. The Hall–Kier alpha value is -1.05. The number of rotatable bonds is 2. The van der Waals surface area contributed by atoms with Gasteiger partial charge < -0.3 is 0 Å². The van der Waals surface area contributed by atoms with E-state index in [0.29, 0.717) is 14.5 Å². The fourth-order valence-corrected chi connectivity index (χ4v) is 2.54. The summed E-state index contributed by atoms with van der Waals surface area (Å²) in [5.74, 6) is 0. The van der Waals surface area contributed by atoms with Crippen LogP contribution in [0, 0.1) is 6.92 Å². The standard InChI is InChI=1S/C10H10N2Se/c1-8-7-13-10(11-8)12-9-5-3-2-4-6-9/h2-7H,1H3,(H,11,12). The van der Waals surface area contributed by atoms with Gasteiger partial charge in [0.25, 0.3) is 0 Å². The molecule has 1 aromatic carbocycles. The summed E-state index contributed by atoms with van der Waals surface area (Å²) in [5, 5.41) is 3.30. The number of nitrogens with zero attached hydrogens (tertiary/aromatic N) is 1. The van der Waals surface area contributed by atoms with Crippen molar-refractivity contribution in [1.82, 2.24) is 4.98 Å². The summed E-state index contributed by atoms with van der Waals surface area (Å²) >= 11 is 0.389. The van der Waals surface area contributed by atoms with Gasteiger partial charge in [-0.05, 0) is 0 Å². The first-order valence-corrected chi connectivity index (χ1v) is 5.93. The Balaban J connectivity index is 2.15. The maximum atomic E-state index is 4.38. The van der Waals surface area contributed by atoms with Crippen LogP contribution in [0.1, 0.15) is 5.69 Å². The van der Waals surface area contributed by atoms with E-state index in [4.69, 9.17) is 0 Å². The van der Waals surface area contributed by atoms with Gasteiger partial charge in [-0.1, -0.05) is 0 Å². The van der Waals surface area contributed by atoms with Crippen LogP contribution >= 0.6 is 0 Å². The average molecular weight is 237 g/mol. The summed E-state index contributed by atoms with van der Waals surface area (Å²) in [6, 6.07) is 10.1. The molecule has 1 N–H and O–H groups in total. The summed E-state index contributed by atoms with van der Waals surface area (Å²) in [7, 11) is 0. The summed E-state index contributed by atoms with van der Waals surface area (Å²) in [6.45, 7) is 2.03. The molecule has 0 amide bonds. The molecule has 1 heterocycles. The molecule has 3 heteroatoms. The van der Waals surface area contributed by atoms with Crippen molar-refractivity contribution < 1.29 is 0 Å². The van der Waals surface area contributed by atoms with E-state index in [9.17, 15) is 0 Å². The minimum atomic E-state index is 0.389. The van der Waals surface area contributed by atoms with Crippen molar-refractivity contribution in [2.75, 3.05) is 5.32 Å². The molecule has 0 saturated carbocycles. The summed E-state index contributed by atoms with van der Waals surface area (Å²) in [5.41, 5.74) is 2.24. The number of para-hydroxylation sites is 1. The maximum absolute atomic E-state index is 4.38. The molecule has 13 heavy (non-hydrogen) atoms. The van der Waals surface area contributed by atoms with Crippen molar-refractivity contribution >= 4 is 24.9 Å². The zero-order valence-corrected chi connectivity index (χ0v) is 9.03. The molecule has 2 aromatic rings. The van der Waals surface area contributed by atoms with Gasteiger partial charge in [-0.15, -0.1) is 0 Å². The molecule has 0 aliphatic heterocycles. The van der Waals surface area contributed by atoms with Crippen LogP contribution in [0.5, 0.6) is 0 Å². The van der Waals surface area contributed by atoms with Crippen molar-refractivity contribution in [3.05, 3.63) is 41.0 Å². The van der Waals surface area contributed by atoms with E-state index in [0.717, 1.165) is 16.1 Å². The summed E-state index contributed by atoms with van der Waals surface area (Å²) in [4.78, 5) is 6.56. The normalized spacial score (nSPS) is 9.92. The van der Waals surface area contributed by atoms with E-state index in [2.05, 4.69) is 15.2 Å². The van der Waals surface area contributed by atoms with Crippen LogP contribution in [0.3, 0.4) is 0 Å². The molecule has 0 saturated heterocycles. The van der Waals surface area contributed by atoms with Crippen LogP contribution in [-0.2, 0) is 0 Å². The van der Waals surface area contributed by atoms with Crippen molar-refractivity contribution in [2.24, 2.45) is 0 Å². The second kappa shape index (κ2) is 3.77. The van der Waals surface area contributed by atoms with Gasteiger partial charge in [-0.25, -0.2) is 0 Å². The summed E-state index contributed by atoms with van der Waals surface area (Å²) in [6.07, 6.45) is 0. The molecule has 0 bridgehead atoms. The molecule has 2 rings (SSSR count). The number of hydrogen-bond donors (Lipinski definition) is 1. The van der Waals surface area contributed by atoms with Crippen molar-refractivity contribution in [3.8, 4) is 0 Å². The van der Waals surface area contributed by atoms with Gasteiger partial charge in [0.05, 0.1) is 0 Å². The van der Waals surface area contributed by atoms with Crippen LogP contribution in [0.2, 0.25) is 0 Å². The Kier molecular flexibility index (Phi) is 2.48. The van der Waals surface area contributed by atoms with E-state index in [-0.39, 0.29) is 0 Å². The quantitative estimate of drug-likeness (QED) is 0.810. The molecule has 0 aliphatic rings. The molecule has 1 aromatic heterocycles. The van der Waals surface area contributed by atoms with E-state index in [1.165, 1.54) is 0 Å². The zero-order valence-electron chi connectivity index (χ0n) is 7.32. The first-order chi connectivity index (χ1) is 6.34. The topological polar surface area (TPSA) is 24.9 Å². The van der Waals surface area contributed by atoms with Gasteiger partial charge in [0.1, 0.15) is 0 Å². The molecule has 0 radical (unpaired) electrons. The monoisotopic (exact) mass is 238 g/mol. The third-order valence-corrected chi connectivity index (χ3v) is 3.48. The zero-order chi connectivity index (χ0) is 9.10. The van der Waals surface area contributed by atoms with Crippen LogP contribution in [0.25, 0.3) is 0 Å². The predicted octanol–water partition coefficient (Wildman–Crippen LogP) is 2.19. The fraction of sp³-hybridized carbons (Fsp3) is 0.100. The number of aromatic nitrogens is 1. The molecular weight excluding hydrogens is 227 g/mol. The average Bonchev–Trinajstić information content (AvgIpc) is 2.53. The number of nitrogens with one attached hydrogen (secondary N) is 1.